The Balaban J connectivity index is 1.54. The molecule has 0 aromatic carbocycles. The Bertz CT molecular complexity index is 454. The molecule has 124 valence electrons. The van der Waals surface area contributed by atoms with Gasteiger partial charge in [0, 0.05) is 32.7 Å². The summed E-state index contributed by atoms with van der Waals surface area (Å²) in [5, 5.41) is 9.72. The summed E-state index contributed by atoms with van der Waals surface area (Å²) in [6.07, 6.45) is 5.02. The van der Waals surface area contributed by atoms with Crippen LogP contribution in [0.1, 0.15) is 37.7 Å². The maximum absolute atomic E-state index is 9.72. The number of rotatable bonds is 6. The van der Waals surface area contributed by atoms with E-state index in [0.29, 0.717) is 18.4 Å². The highest BCUT2D eigenvalue weighted by Crippen LogP contribution is 2.27. The molecule has 3 heterocycles. The van der Waals surface area contributed by atoms with Gasteiger partial charge in [0.1, 0.15) is 11.5 Å². The van der Waals surface area contributed by atoms with Gasteiger partial charge in [0.15, 0.2) is 0 Å². The van der Waals surface area contributed by atoms with Gasteiger partial charge in [0.05, 0.1) is 6.54 Å². The summed E-state index contributed by atoms with van der Waals surface area (Å²) in [5.74, 6) is 3.15. The molecule has 2 aliphatic rings. The van der Waals surface area contributed by atoms with E-state index in [4.69, 9.17) is 4.42 Å². The summed E-state index contributed by atoms with van der Waals surface area (Å²) < 4.78 is 5.83. The van der Waals surface area contributed by atoms with Crippen LogP contribution in [0.25, 0.3) is 0 Å². The molecule has 1 N–H and O–H groups in total. The Hall–Kier alpha value is -0.840. The average Bonchev–Trinajstić information content (AvgIpc) is 3.15. The van der Waals surface area contributed by atoms with Gasteiger partial charge in [-0.2, -0.15) is 0 Å². The molecule has 3 rings (SSSR count). The van der Waals surface area contributed by atoms with Crippen molar-refractivity contribution in [2.45, 2.75) is 39.2 Å². The van der Waals surface area contributed by atoms with Crippen molar-refractivity contribution >= 4 is 0 Å². The van der Waals surface area contributed by atoms with Gasteiger partial charge in [0.25, 0.3) is 0 Å². The van der Waals surface area contributed by atoms with E-state index in [1.165, 1.54) is 32.4 Å². The highest BCUT2D eigenvalue weighted by molar-refractivity contribution is 5.07. The van der Waals surface area contributed by atoms with E-state index in [1.807, 2.05) is 0 Å². The molecule has 4 heteroatoms. The van der Waals surface area contributed by atoms with Crippen LogP contribution in [-0.4, -0.2) is 54.2 Å². The number of hydrogen-bond acceptors (Lipinski definition) is 4. The van der Waals surface area contributed by atoms with Crippen molar-refractivity contribution < 1.29 is 9.52 Å². The lowest BCUT2D eigenvalue weighted by Gasteiger charge is -2.30. The summed E-state index contributed by atoms with van der Waals surface area (Å²) >= 11 is 0. The molecule has 0 unspecified atom stereocenters. The number of nitrogens with zero attached hydrogens (tertiary/aromatic N) is 2. The van der Waals surface area contributed by atoms with Crippen LogP contribution in [0, 0.1) is 11.8 Å². The zero-order valence-electron chi connectivity index (χ0n) is 13.8. The molecule has 2 fully saturated rings. The predicted octanol–water partition coefficient (Wildman–Crippen LogP) is 2.37. The smallest absolute Gasteiger partial charge is 0.118 e. The van der Waals surface area contributed by atoms with Gasteiger partial charge in [-0.05, 0) is 49.9 Å². The number of aliphatic hydroxyl groups excluding tert-OH is 1. The molecule has 0 amide bonds. The lowest BCUT2D eigenvalue weighted by Crippen LogP contribution is -2.37. The first-order valence-corrected chi connectivity index (χ1v) is 8.91. The molecule has 2 atom stereocenters. The first-order valence-electron chi connectivity index (χ1n) is 8.91. The van der Waals surface area contributed by atoms with Gasteiger partial charge < -0.3 is 14.4 Å². The number of hydrogen-bond donors (Lipinski definition) is 1. The third-order valence-electron chi connectivity index (χ3n) is 5.27. The highest BCUT2D eigenvalue weighted by atomic mass is 16.3. The number of furan rings is 1. The average molecular weight is 306 g/mol. The molecule has 1 aromatic rings. The van der Waals surface area contributed by atoms with Crippen molar-refractivity contribution in [3.05, 3.63) is 23.7 Å². The molecule has 2 saturated heterocycles. The Morgan fingerprint density at radius 1 is 1.05 bits per heavy atom. The first kappa shape index (κ1) is 16.0. The van der Waals surface area contributed by atoms with Crippen LogP contribution in [-0.2, 0) is 13.0 Å². The van der Waals surface area contributed by atoms with Crippen LogP contribution in [0.15, 0.2) is 16.5 Å². The van der Waals surface area contributed by atoms with Crippen LogP contribution in [0.5, 0.6) is 0 Å². The minimum absolute atomic E-state index is 0.313. The number of likely N-dealkylation sites (tertiary alicyclic amines) is 2. The minimum Gasteiger partial charge on any atom is -0.465 e. The number of aryl methyl sites for hydroxylation is 1. The molecule has 22 heavy (non-hydrogen) atoms. The zero-order chi connectivity index (χ0) is 15.4. The Morgan fingerprint density at radius 2 is 1.77 bits per heavy atom. The normalized spacial score (nSPS) is 27.5. The summed E-state index contributed by atoms with van der Waals surface area (Å²) in [5.41, 5.74) is 0. The molecule has 2 aliphatic heterocycles. The van der Waals surface area contributed by atoms with Crippen molar-refractivity contribution in [2.75, 3.05) is 39.3 Å². The van der Waals surface area contributed by atoms with Crippen LogP contribution in [0.4, 0.5) is 0 Å². The van der Waals surface area contributed by atoms with Crippen molar-refractivity contribution in [3.8, 4) is 0 Å². The number of aliphatic hydroxyl groups is 1. The Labute approximate surface area is 134 Å². The van der Waals surface area contributed by atoms with Gasteiger partial charge >= 0.3 is 0 Å². The lowest BCUT2D eigenvalue weighted by molar-refractivity contribution is 0.149. The molecule has 4 nitrogen and oxygen atoms in total. The summed E-state index contributed by atoms with van der Waals surface area (Å²) in [4.78, 5) is 5.05. The van der Waals surface area contributed by atoms with Crippen molar-refractivity contribution in [3.63, 3.8) is 0 Å². The second-order valence-electron chi connectivity index (χ2n) is 6.98. The van der Waals surface area contributed by atoms with Gasteiger partial charge in [-0.1, -0.05) is 13.3 Å². The first-order chi connectivity index (χ1) is 10.8. The summed E-state index contributed by atoms with van der Waals surface area (Å²) in [6.45, 7) is 9.04. The quantitative estimate of drug-likeness (QED) is 0.876. The van der Waals surface area contributed by atoms with E-state index < -0.39 is 0 Å². The minimum atomic E-state index is 0.313. The van der Waals surface area contributed by atoms with E-state index in [2.05, 4.69) is 28.9 Å². The molecule has 0 aliphatic carbocycles. The lowest BCUT2D eigenvalue weighted by atomic mass is 9.95. The van der Waals surface area contributed by atoms with Gasteiger partial charge in [-0.3, -0.25) is 4.90 Å². The molecule has 0 spiro atoms. The Kier molecular flexibility index (Phi) is 5.55. The third kappa shape index (κ3) is 3.92. The van der Waals surface area contributed by atoms with Crippen molar-refractivity contribution in [2.24, 2.45) is 11.8 Å². The predicted molar refractivity (Wildman–Crippen MR) is 87.7 cm³/mol. The van der Waals surface area contributed by atoms with E-state index >= 15 is 0 Å². The second-order valence-corrected chi connectivity index (χ2v) is 6.98. The zero-order valence-corrected chi connectivity index (χ0v) is 13.8. The van der Waals surface area contributed by atoms with Gasteiger partial charge in [-0.25, -0.2) is 0 Å². The maximum atomic E-state index is 9.72. The van der Waals surface area contributed by atoms with Crippen molar-refractivity contribution in [1.29, 1.82) is 0 Å². The SMILES string of the molecule is CCc1ccc(CN2C[C@@H](CN3CCCCC3)[C@@H](CO)C2)o1. The standard InChI is InChI=1S/C18H30N2O2/c1-2-17-6-7-18(22-17)13-20-11-15(16(12-20)14-21)10-19-8-4-3-5-9-19/h6-7,15-16,21H,2-5,8-14H2,1H3/t15-,16-/m1/s1. The largest absolute Gasteiger partial charge is 0.465 e. The van der Waals surface area contributed by atoms with E-state index in [9.17, 15) is 5.11 Å². The van der Waals surface area contributed by atoms with Crippen LogP contribution < -0.4 is 0 Å². The summed E-state index contributed by atoms with van der Waals surface area (Å²) in [6, 6.07) is 4.19. The van der Waals surface area contributed by atoms with Gasteiger partial charge in [0.2, 0.25) is 0 Å². The summed E-state index contributed by atoms with van der Waals surface area (Å²) in [7, 11) is 0. The fourth-order valence-electron chi connectivity index (χ4n) is 3.97. The van der Waals surface area contributed by atoms with E-state index in [0.717, 1.165) is 44.1 Å². The fourth-order valence-corrected chi connectivity index (χ4v) is 3.97. The third-order valence-corrected chi connectivity index (χ3v) is 5.27. The van der Waals surface area contributed by atoms with Crippen molar-refractivity contribution in [1.82, 2.24) is 9.80 Å². The fraction of sp³-hybridized carbons (Fsp3) is 0.778. The van der Waals surface area contributed by atoms with E-state index in [1.54, 1.807) is 0 Å². The van der Waals surface area contributed by atoms with Crippen LogP contribution in [0.2, 0.25) is 0 Å². The molecular weight excluding hydrogens is 276 g/mol. The number of piperidine rings is 1. The molecule has 0 radical (unpaired) electrons. The molecule has 1 aromatic heterocycles. The second kappa shape index (κ2) is 7.62. The maximum Gasteiger partial charge on any atom is 0.118 e. The van der Waals surface area contributed by atoms with E-state index in [-0.39, 0.29) is 0 Å². The van der Waals surface area contributed by atoms with Gasteiger partial charge in [-0.15, -0.1) is 0 Å². The highest BCUT2D eigenvalue weighted by Gasteiger charge is 2.33. The molecular formula is C18H30N2O2. The Morgan fingerprint density at radius 3 is 2.45 bits per heavy atom. The monoisotopic (exact) mass is 306 g/mol. The van der Waals surface area contributed by atoms with Crippen LogP contribution >= 0.6 is 0 Å². The molecule has 0 bridgehead atoms. The molecule has 0 saturated carbocycles. The topological polar surface area (TPSA) is 39.9 Å². The van der Waals surface area contributed by atoms with Crippen LogP contribution in [0.3, 0.4) is 0 Å².